The number of aliphatic hydroxyl groups excluding tert-OH is 1. The molecule has 0 bridgehead atoms. The molecule has 0 saturated carbocycles. The van der Waals surface area contributed by atoms with E-state index in [4.69, 9.17) is 5.73 Å². The lowest BCUT2D eigenvalue weighted by Crippen LogP contribution is -2.58. The number of nitrogens with zero attached hydrogens (tertiary/aromatic N) is 1. The van der Waals surface area contributed by atoms with Gasteiger partial charge < -0.3 is 36.6 Å². The number of aliphatic hydroxyl groups is 1. The van der Waals surface area contributed by atoms with Crippen LogP contribution in [0.5, 0.6) is 5.75 Å². The monoisotopic (exact) mass is 492 g/mol. The number of aliphatic carboxylic acids is 1. The number of phenols is 1. The number of carboxylic acid groups (broad SMARTS) is 1. The lowest BCUT2D eigenvalue weighted by molar-refractivity contribution is -0.143. The van der Waals surface area contributed by atoms with Gasteiger partial charge in [0.2, 0.25) is 17.7 Å². The van der Waals surface area contributed by atoms with Crippen molar-refractivity contribution in [3.8, 4) is 5.75 Å². The van der Waals surface area contributed by atoms with E-state index in [0.717, 1.165) is 0 Å². The summed E-state index contributed by atoms with van der Waals surface area (Å²) in [5.41, 5.74) is 6.37. The van der Waals surface area contributed by atoms with Crippen molar-refractivity contribution in [3.63, 3.8) is 0 Å². The van der Waals surface area contributed by atoms with Gasteiger partial charge in [-0.25, -0.2) is 4.79 Å². The quantitative estimate of drug-likeness (QED) is 0.244. The van der Waals surface area contributed by atoms with Gasteiger partial charge in [-0.05, 0) is 49.8 Å². The molecule has 5 atom stereocenters. The molecule has 3 amide bonds. The average molecular weight is 493 g/mol. The molecule has 194 valence electrons. The molecule has 0 aliphatic carbocycles. The van der Waals surface area contributed by atoms with E-state index < -0.39 is 54.0 Å². The molecule has 0 spiro atoms. The van der Waals surface area contributed by atoms with E-state index in [1.807, 2.05) is 13.8 Å². The molecule has 1 fully saturated rings. The molecule has 1 aromatic carbocycles. The van der Waals surface area contributed by atoms with Crippen molar-refractivity contribution in [1.82, 2.24) is 15.5 Å². The number of hydrogen-bond acceptors (Lipinski definition) is 7. The van der Waals surface area contributed by atoms with E-state index in [9.17, 15) is 34.5 Å². The summed E-state index contributed by atoms with van der Waals surface area (Å²) in [4.78, 5) is 51.8. The maximum atomic E-state index is 13.1. The second kappa shape index (κ2) is 12.5. The molecule has 11 nitrogen and oxygen atoms in total. The Morgan fingerprint density at radius 3 is 2.26 bits per heavy atom. The van der Waals surface area contributed by atoms with Crippen molar-refractivity contribution in [2.75, 3.05) is 6.54 Å². The van der Waals surface area contributed by atoms with Gasteiger partial charge in [-0.15, -0.1) is 0 Å². The number of nitrogens with one attached hydrogen (secondary N) is 2. The van der Waals surface area contributed by atoms with Crippen LogP contribution in [0.2, 0.25) is 0 Å². The van der Waals surface area contributed by atoms with E-state index in [1.54, 1.807) is 12.1 Å². The summed E-state index contributed by atoms with van der Waals surface area (Å²) in [6, 6.07) is 1.74. The number of carboxylic acids is 1. The fraction of sp³-hybridized carbons (Fsp3) is 0.583. The van der Waals surface area contributed by atoms with Crippen LogP contribution in [0.3, 0.4) is 0 Å². The third kappa shape index (κ3) is 7.93. The van der Waals surface area contributed by atoms with Crippen LogP contribution < -0.4 is 16.4 Å². The molecular formula is C24H36N4O7. The highest BCUT2D eigenvalue weighted by atomic mass is 16.4. The standard InChI is InChI=1S/C24H36N4O7/c1-13(2)11-17(21(31)27-18(24(34)35)12-15-6-8-16(30)9-7-15)26-22(32)19-5-4-10-28(19)23(33)20(25)14(3)29/h6-9,13-14,17-20,29-30H,4-5,10-12,25H2,1-3H3,(H,26,32)(H,27,31)(H,34,35). The number of nitrogens with two attached hydrogens (primary N) is 1. The van der Waals surface area contributed by atoms with Crippen LogP contribution in [-0.2, 0) is 25.6 Å². The zero-order valence-corrected chi connectivity index (χ0v) is 20.3. The minimum atomic E-state index is -1.24. The summed E-state index contributed by atoms with van der Waals surface area (Å²) in [5, 5.41) is 33.9. The number of aromatic hydroxyl groups is 1. The first kappa shape index (κ1) is 28.1. The molecule has 5 unspecified atom stereocenters. The molecule has 1 aliphatic rings. The first-order chi connectivity index (χ1) is 16.4. The topological polar surface area (TPSA) is 182 Å². The zero-order valence-electron chi connectivity index (χ0n) is 20.3. The Balaban J connectivity index is 2.12. The highest BCUT2D eigenvalue weighted by Crippen LogP contribution is 2.20. The summed E-state index contributed by atoms with van der Waals surface area (Å²) in [6.07, 6.45) is 0.139. The number of carbonyl (C=O) groups is 4. The highest BCUT2D eigenvalue weighted by Gasteiger charge is 2.38. The molecule has 11 heteroatoms. The van der Waals surface area contributed by atoms with E-state index in [1.165, 1.54) is 24.0 Å². The smallest absolute Gasteiger partial charge is 0.326 e. The van der Waals surface area contributed by atoms with Crippen molar-refractivity contribution < 1.29 is 34.5 Å². The lowest BCUT2D eigenvalue weighted by Gasteiger charge is -2.29. The van der Waals surface area contributed by atoms with Crippen molar-refractivity contribution >= 4 is 23.7 Å². The van der Waals surface area contributed by atoms with Gasteiger partial charge in [0.25, 0.3) is 0 Å². The van der Waals surface area contributed by atoms with Gasteiger partial charge >= 0.3 is 5.97 Å². The Kier molecular flexibility index (Phi) is 10.0. The molecule has 1 aliphatic heterocycles. The number of benzene rings is 1. The van der Waals surface area contributed by atoms with Crippen LogP contribution >= 0.6 is 0 Å². The van der Waals surface area contributed by atoms with E-state index in [-0.39, 0.29) is 24.5 Å². The Morgan fingerprint density at radius 2 is 1.71 bits per heavy atom. The predicted molar refractivity (Wildman–Crippen MR) is 127 cm³/mol. The normalized spacial score (nSPS) is 19.0. The maximum Gasteiger partial charge on any atom is 0.326 e. The van der Waals surface area contributed by atoms with Crippen molar-refractivity contribution in [2.24, 2.45) is 11.7 Å². The molecule has 1 aromatic rings. The summed E-state index contributed by atoms with van der Waals surface area (Å²) in [5.74, 6) is -2.90. The predicted octanol–water partition coefficient (Wildman–Crippen LogP) is -0.266. The molecule has 2 rings (SSSR count). The summed E-state index contributed by atoms with van der Waals surface area (Å²) in [6.45, 7) is 5.44. The molecule has 35 heavy (non-hydrogen) atoms. The van der Waals surface area contributed by atoms with Crippen LogP contribution in [0.1, 0.15) is 45.6 Å². The number of amides is 3. The molecule has 7 N–H and O–H groups in total. The average Bonchev–Trinajstić information content (AvgIpc) is 3.28. The van der Waals surface area contributed by atoms with Crippen LogP contribution in [0.15, 0.2) is 24.3 Å². The first-order valence-electron chi connectivity index (χ1n) is 11.8. The number of phenolic OH excluding ortho intramolecular Hbond substituents is 1. The first-order valence-corrected chi connectivity index (χ1v) is 11.8. The van der Waals surface area contributed by atoms with Gasteiger partial charge in [0.1, 0.15) is 29.9 Å². The zero-order chi connectivity index (χ0) is 26.3. The van der Waals surface area contributed by atoms with Gasteiger partial charge in [0.15, 0.2) is 0 Å². The second-order valence-electron chi connectivity index (χ2n) is 9.42. The SMILES string of the molecule is CC(C)CC(NC(=O)C1CCCN1C(=O)C(N)C(C)O)C(=O)NC(Cc1ccc(O)cc1)C(=O)O. The summed E-state index contributed by atoms with van der Waals surface area (Å²) >= 11 is 0. The van der Waals surface area contributed by atoms with E-state index >= 15 is 0 Å². The Hall–Kier alpha value is -3.18. The lowest BCUT2D eigenvalue weighted by atomic mass is 10.0. The van der Waals surface area contributed by atoms with Gasteiger partial charge in [-0.3, -0.25) is 14.4 Å². The van der Waals surface area contributed by atoms with Gasteiger partial charge in [-0.2, -0.15) is 0 Å². The van der Waals surface area contributed by atoms with E-state index in [0.29, 0.717) is 24.9 Å². The Labute approximate surface area is 204 Å². The minimum Gasteiger partial charge on any atom is -0.508 e. The number of rotatable bonds is 11. The third-order valence-electron chi connectivity index (χ3n) is 5.97. The van der Waals surface area contributed by atoms with Crippen LogP contribution in [0.25, 0.3) is 0 Å². The van der Waals surface area contributed by atoms with Crippen LogP contribution in [0, 0.1) is 5.92 Å². The maximum absolute atomic E-state index is 13.1. The molecule has 1 heterocycles. The highest BCUT2D eigenvalue weighted by molar-refractivity contribution is 5.94. The van der Waals surface area contributed by atoms with Crippen molar-refractivity contribution in [2.45, 2.75) is 76.7 Å². The van der Waals surface area contributed by atoms with E-state index in [2.05, 4.69) is 10.6 Å². The fourth-order valence-corrected chi connectivity index (χ4v) is 4.01. The second-order valence-corrected chi connectivity index (χ2v) is 9.42. The Bertz CT molecular complexity index is 904. The van der Waals surface area contributed by atoms with Crippen molar-refractivity contribution in [3.05, 3.63) is 29.8 Å². The van der Waals surface area contributed by atoms with Crippen LogP contribution in [0.4, 0.5) is 0 Å². The minimum absolute atomic E-state index is 0.00810. The molecule has 1 saturated heterocycles. The number of hydrogen-bond donors (Lipinski definition) is 6. The molecular weight excluding hydrogens is 456 g/mol. The summed E-state index contributed by atoms with van der Waals surface area (Å²) in [7, 11) is 0. The fourth-order valence-electron chi connectivity index (χ4n) is 4.01. The third-order valence-corrected chi connectivity index (χ3v) is 5.97. The molecule has 0 radical (unpaired) electrons. The summed E-state index contributed by atoms with van der Waals surface area (Å²) < 4.78 is 0. The molecule has 0 aromatic heterocycles. The van der Waals surface area contributed by atoms with Gasteiger partial charge in [0.05, 0.1) is 6.10 Å². The van der Waals surface area contributed by atoms with Gasteiger partial charge in [0, 0.05) is 13.0 Å². The number of likely N-dealkylation sites (tertiary alicyclic amines) is 1. The van der Waals surface area contributed by atoms with Crippen LogP contribution in [-0.4, -0.2) is 80.7 Å². The largest absolute Gasteiger partial charge is 0.508 e. The van der Waals surface area contributed by atoms with Gasteiger partial charge in [-0.1, -0.05) is 26.0 Å². The number of carbonyl (C=O) groups excluding carboxylic acids is 3. The van der Waals surface area contributed by atoms with Crippen molar-refractivity contribution in [1.29, 1.82) is 0 Å². The Morgan fingerprint density at radius 1 is 1.09 bits per heavy atom.